The third kappa shape index (κ3) is 3.36. The number of esters is 1. The number of carbonyl (C=O) groups excluding carboxylic acids is 2. The van der Waals surface area contributed by atoms with Gasteiger partial charge in [-0.25, -0.2) is 4.79 Å². The topological polar surface area (TPSA) is 88.3 Å². The van der Waals surface area contributed by atoms with Crippen molar-refractivity contribution in [2.45, 2.75) is 6.92 Å². The molecule has 0 unspecified atom stereocenters. The number of nitrogens with one attached hydrogen (secondary N) is 2. The van der Waals surface area contributed by atoms with E-state index in [0.717, 1.165) is 5.56 Å². The van der Waals surface area contributed by atoms with E-state index in [4.69, 9.17) is 0 Å². The molecule has 2 rings (SSSR count). The van der Waals surface area contributed by atoms with Crippen molar-refractivity contribution < 1.29 is 14.3 Å². The number of methoxy groups -OCH3 is 1. The van der Waals surface area contributed by atoms with Crippen molar-refractivity contribution in [1.29, 1.82) is 0 Å². The van der Waals surface area contributed by atoms with Crippen molar-refractivity contribution in [2.24, 2.45) is 0 Å². The lowest BCUT2D eigenvalue weighted by Crippen LogP contribution is -2.16. The minimum atomic E-state index is -0.485. The number of rotatable bonds is 3. The monoisotopic (exact) mass is 286 g/mol. The quantitative estimate of drug-likeness (QED) is 0.841. The summed E-state index contributed by atoms with van der Waals surface area (Å²) in [7, 11) is 1.29. The van der Waals surface area contributed by atoms with E-state index < -0.39 is 11.9 Å². The van der Waals surface area contributed by atoms with E-state index in [0.29, 0.717) is 11.3 Å². The van der Waals surface area contributed by atoms with Gasteiger partial charge < -0.3 is 15.0 Å². The van der Waals surface area contributed by atoms with Gasteiger partial charge in [0.1, 0.15) is 0 Å². The highest BCUT2D eigenvalue weighted by Crippen LogP contribution is 2.18. The van der Waals surface area contributed by atoms with Gasteiger partial charge >= 0.3 is 5.97 Å². The number of hydrogen-bond acceptors (Lipinski definition) is 4. The molecular weight excluding hydrogens is 272 g/mol. The number of carbonyl (C=O) groups is 2. The molecule has 0 saturated heterocycles. The van der Waals surface area contributed by atoms with Gasteiger partial charge in [-0.1, -0.05) is 6.07 Å². The molecule has 0 aliphatic carbocycles. The Balaban J connectivity index is 2.28. The number of H-pyrrole nitrogens is 1. The first kappa shape index (κ1) is 14.5. The number of pyridine rings is 1. The van der Waals surface area contributed by atoms with E-state index in [1.807, 2.05) is 0 Å². The van der Waals surface area contributed by atoms with Crippen LogP contribution in [-0.2, 0) is 4.74 Å². The first-order valence-corrected chi connectivity index (χ1v) is 6.20. The highest BCUT2D eigenvalue weighted by Gasteiger charge is 2.11. The summed E-state index contributed by atoms with van der Waals surface area (Å²) in [6.07, 6.45) is 1.40. The fourth-order valence-corrected chi connectivity index (χ4v) is 1.78. The first-order valence-electron chi connectivity index (χ1n) is 6.20. The van der Waals surface area contributed by atoms with Gasteiger partial charge in [0.2, 0.25) is 5.56 Å². The highest BCUT2D eigenvalue weighted by atomic mass is 16.5. The molecular formula is C15H14N2O4. The van der Waals surface area contributed by atoms with Crippen molar-refractivity contribution in [1.82, 2.24) is 4.98 Å². The molecule has 0 bridgehead atoms. The Hall–Kier alpha value is -2.89. The fourth-order valence-electron chi connectivity index (χ4n) is 1.78. The molecule has 2 N–H and O–H groups in total. The molecule has 0 radical (unpaired) electrons. The minimum Gasteiger partial charge on any atom is -0.465 e. The number of hydrogen-bond donors (Lipinski definition) is 2. The van der Waals surface area contributed by atoms with Gasteiger partial charge in [-0.3, -0.25) is 9.59 Å². The average Bonchev–Trinajstić information content (AvgIpc) is 2.48. The second-order valence-corrected chi connectivity index (χ2v) is 4.42. The molecule has 108 valence electrons. The molecule has 21 heavy (non-hydrogen) atoms. The molecule has 1 heterocycles. The molecule has 0 atom stereocenters. The maximum Gasteiger partial charge on any atom is 0.337 e. The molecule has 0 aliphatic rings. The standard InChI is InChI=1S/C15H14N2O4/c1-9-3-4-11(15(20)21-2)7-12(9)17-14(19)10-5-6-16-13(18)8-10/h3-8H,1-2H3,(H,16,18)(H,17,19). The van der Waals surface area contributed by atoms with Crippen LogP contribution in [0.1, 0.15) is 26.3 Å². The second-order valence-electron chi connectivity index (χ2n) is 4.42. The number of anilines is 1. The molecule has 6 heteroatoms. The molecule has 2 aromatic rings. The lowest BCUT2D eigenvalue weighted by molar-refractivity contribution is 0.0600. The van der Waals surface area contributed by atoms with Crippen molar-refractivity contribution in [2.75, 3.05) is 12.4 Å². The number of benzene rings is 1. The lowest BCUT2D eigenvalue weighted by atomic mass is 10.1. The van der Waals surface area contributed by atoms with Crippen molar-refractivity contribution in [3.8, 4) is 0 Å². The third-order valence-electron chi connectivity index (χ3n) is 2.94. The van der Waals surface area contributed by atoms with Crippen LogP contribution in [0.5, 0.6) is 0 Å². The SMILES string of the molecule is COC(=O)c1ccc(C)c(NC(=O)c2cc[nH]c(=O)c2)c1. The third-order valence-corrected chi connectivity index (χ3v) is 2.94. The number of aromatic amines is 1. The van der Waals surface area contributed by atoms with Gasteiger partial charge in [0, 0.05) is 23.5 Å². The number of aromatic nitrogens is 1. The smallest absolute Gasteiger partial charge is 0.337 e. The Morgan fingerprint density at radius 1 is 1.14 bits per heavy atom. The van der Waals surface area contributed by atoms with Crippen LogP contribution in [0.4, 0.5) is 5.69 Å². The Labute approximate surface area is 120 Å². The van der Waals surface area contributed by atoms with Gasteiger partial charge in [-0.2, -0.15) is 0 Å². The molecule has 6 nitrogen and oxygen atoms in total. The molecule has 0 aliphatic heterocycles. The predicted molar refractivity (Wildman–Crippen MR) is 77.5 cm³/mol. The Morgan fingerprint density at radius 2 is 1.90 bits per heavy atom. The number of aryl methyl sites for hydroxylation is 1. The maximum atomic E-state index is 12.1. The summed E-state index contributed by atoms with van der Waals surface area (Å²) in [6.45, 7) is 1.80. The van der Waals surface area contributed by atoms with Crippen LogP contribution in [0, 0.1) is 6.92 Å². The molecule has 0 spiro atoms. The van der Waals surface area contributed by atoms with Crippen molar-refractivity contribution in [3.05, 3.63) is 63.6 Å². The van der Waals surface area contributed by atoms with E-state index in [-0.39, 0.29) is 11.1 Å². The zero-order valence-corrected chi connectivity index (χ0v) is 11.6. The summed E-state index contributed by atoms with van der Waals surface area (Å²) in [6, 6.07) is 7.56. The Bertz CT molecular complexity index is 749. The average molecular weight is 286 g/mol. The maximum absolute atomic E-state index is 12.1. The summed E-state index contributed by atoms with van der Waals surface area (Å²) in [5.41, 5.74) is 1.50. The van der Waals surface area contributed by atoms with Crippen molar-refractivity contribution in [3.63, 3.8) is 0 Å². The second kappa shape index (κ2) is 6.04. The summed E-state index contributed by atoms with van der Waals surface area (Å²) >= 11 is 0. The first-order chi connectivity index (χ1) is 10.0. The van der Waals surface area contributed by atoms with E-state index in [9.17, 15) is 14.4 Å². The summed E-state index contributed by atoms with van der Waals surface area (Å²) in [5.74, 6) is -0.909. The van der Waals surface area contributed by atoms with Crippen LogP contribution in [0.3, 0.4) is 0 Å². The van der Waals surface area contributed by atoms with E-state index >= 15 is 0 Å². The van der Waals surface area contributed by atoms with Crippen LogP contribution in [-0.4, -0.2) is 24.0 Å². The van der Waals surface area contributed by atoms with Gasteiger partial charge in [-0.05, 0) is 30.7 Å². The largest absolute Gasteiger partial charge is 0.465 e. The minimum absolute atomic E-state index is 0.238. The lowest BCUT2D eigenvalue weighted by Gasteiger charge is -2.10. The van der Waals surface area contributed by atoms with Gasteiger partial charge in [0.05, 0.1) is 12.7 Å². The summed E-state index contributed by atoms with van der Waals surface area (Å²) < 4.78 is 4.64. The van der Waals surface area contributed by atoms with Crippen LogP contribution >= 0.6 is 0 Å². The fraction of sp³-hybridized carbons (Fsp3) is 0.133. The number of ether oxygens (including phenoxy) is 1. The Morgan fingerprint density at radius 3 is 2.57 bits per heavy atom. The van der Waals surface area contributed by atoms with E-state index in [2.05, 4.69) is 15.0 Å². The van der Waals surface area contributed by atoms with Crippen LogP contribution in [0.15, 0.2) is 41.3 Å². The van der Waals surface area contributed by atoms with Crippen LogP contribution in [0.2, 0.25) is 0 Å². The molecule has 0 fully saturated rings. The molecule has 1 aromatic carbocycles. The normalized spacial score (nSPS) is 10.0. The van der Waals surface area contributed by atoms with Gasteiger partial charge in [-0.15, -0.1) is 0 Å². The van der Waals surface area contributed by atoms with Crippen LogP contribution < -0.4 is 10.9 Å². The predicted octanol–water partition coefficient (Wildman–Crippen LogP) is 1.72. The zero-order chi connectivity index (χ0) is 15.4. The zero-order valence-electron chi connectivity index (χ0n) is 11.6. The summed E-state index contributed by atoms with van der Waals surface area (Å²) in [5, 5.41) is 2.67. The van der Waals surface area contributed by atoms with E-state index in [1.54, 1.807) is 19.1 Å². The Kier molecular flexibility index (Phi) is 4.18. The highest BCUT2D eigenvalue weighted by molar-refractivity contribution is 6.05. The summed E-state index contributed by atoms with van der Waals surface area (Å²) in [4.78, 5) is 37.2. The van der Waals surface area contributed by atoms with Gasteiger partial charge in [0.15, 0.2) is 0 Å². The van der Waals surface area contributed by atoms with E-state index in [1.165, 1.54) is 31.5 Å². The van der Waals surface area contributed by atoms with Gasteiger partial charge in [0.25, 0.3) is 5.91 Å². The number of amides is 1. The molecule has 1 aromatic heterocycles. The molecule has 1 amide bonds. The van der Waals surface area contributed by atoms with Crippen LogP contribution in [0.25, 0.3) is 0 Å². The molecule has 0 saturated carbocycles. The van der Waals surface area contributed by atoms with Crippen molar-refractivity contribution >= 4 is 17.6 Å².